The molecule has 0 spiro atoms. The van der Waals surface area contributed by atoms with Gasteiger partial charge in [-0.05, 0) is 30.7 Å². The molecule has 4 heteroatoms. The fraction of sp³-hybridized carbons (Fsp3) is 0.0741. The molecule has 0 atom stereocenters. The average Bonchev–Trinajstić information content (AvgIpc) is 2.81. The maximum absolute atomic E-state index is 12.8. The van der Waals surface area contributed by atoms with Crippen molar-refractivity contribution < 1.29 is 4.79 Å². The van der Waals surface area contributed by atoms with E-state index >= 15 is 0 Å². The number of aryl methyl sites for hydroxylation is 1. The second kappa shape index (κ2) is 8.64. The van der Waals surface area contributed by atoms with Gasteiger partial charge in [0.1, 0.15) is 11.6 Å². The lowest BCUT2D eigenvalue weighted by molar-refractivity contribution is -0.115. The maximum atomic E-state index is 12.8. The van der Waals surface area contributed by atoms with E-state index in [4.69, 9.17) is 4.98 Å². The number of aromatic nitrogens is 1. The van der Waals surface area contributed by atoms with Crippen LogP contribution in [0, 0.1) is 18.3 Å². The Morgan fingerprint density at radius 3 is 2.00 bits per heavy atom. The summed E-state index contributed by atoms with van der Waals surface area (Å²) in [6.45, 7) is 3.48. The van der Waals surface area contributed by atoms with Gasteiger partial charge in [-0.15, -0.1) is 0 Å². The summed E-state index contributed by atoms with van der Waals surface area (Å²) in [5.41, 5.74) is 5.37. The summed E-state index contributed by atoms with van der Waals surface area (Å²) < 4.78 is 0. The van der Waals surface area contributed by atoms with Crippen LogP contribution in [0.1, 0.15) is 18.1 Å². The molecule has 0 aliphatic rings. The molecule has 3 aromatic carbocycles. The van der Waals surface area contributed by atoms with Gasteiger partial charge in [0.15, 0.2) is 5.82 Å². The first-order valence-corrected chi connectivity index (χ1v) is 10.0. The topological polar surface area (TPSA) is 57.0 Å². The number of carbonyl (C=O) groups excluding carboxylic acids is 1. The molecule has 0 N–H and O–H groups in total. The number of carbonyl (C=O) groups is 1. The van der Waals surface area contributed by atoms with E-state index in [0.29, 0.717) is 22.8 Å². The van der Waals surface area contributed by atoms with Crippen LogP contribution in [0.3, 0.4) is 0 Å². The molecule has 1 amide bonds. The zero-order valence-electron chi connectivity index (χ0n) is 17.4. The Bertz CT molecular complexity index is 1260. The second-order valence-corrected chi connectivity index (χ2v) is 7.29. The summed E-state index contributed by atoms with van der Waals surface area (Å²) in [6.07, 6.45) is 0. The highest BCUT2D eigenvalue weighted by atomic mass is 16.2. The van der Waals surface area contributed by atoms with Crippen molar-refractivity contribution in [2.24, 2.45) is 0 Å². The van der Waals surface area contributed by atoms with Gasteiger partial charge in [-0.2, -0.15) is 5.26 Å². The number of nitriles is 1. The Morgan fingerprint density at radius 2 is 1.45 bits per heavy atom. The standard InChI is InChI=1S/C27H21N3O/c1-19-13-15-23(16-14-19)30(20(2)31)27-25(18-28)24(21-9-5-3-6-10-21)17-26(29-27)22-11-7-4-8-12-22/h3-17H,1-2H3. The maximum Gasteiger partial charge on any atom is 0.229 e. The normalized spacial score (nSPS) is 10.4. The molecule has 1 heterocycles. The third-order valence-corrected chi connectivity index (χ3v) is 5.09. The Balaban J connectivity index is 2.03. The van der Waals surface area contributed by atoms with Crippen LogP contribution in [-0.4, -0.2) is 10.9 Å². The summed E-state index contributed by atoms with van der Waals surface area (Å²) in [5.74, 6) is 0.121. The molecule has 4 rings (SSSR count). The van der Waals surface area contributed by atoms with Gasteiger partial charge in [0.25, 0.3) is 0 Å². The molecule has 0 radical (unpaired) electrons. The number of benzene rings is 3. The highest BCUT2D eigenvalue weighted by molar-refractivity contribution is 6.01. The van der Waals surface area contributed by atoms with Gasteiger partial charge in [-0.1, -0.05) is 78.4 Å². The molecule has 150 valence electrons. The molecule has 0 saturated carbocycles. The summed E-state index contributed by atoms with van der Waals surface area (Å²) in [6, 6.07) is 31.3. The number of amides is 1. The SMILES string of the molecule is CC(=O)N(c1ccc(C)cc1)c1nc(-c2ccccc2)cc(-c2ccccc2)c1C#N. The van der Waals surface area contributed by atoms with Crippen LogP contribution in [0.4, 0.5) is 11.5 Å². The van der Waals surface area contributed by atoms with Crippen LogP contribution in [0.25, 0.3) is 22.4 Å². The lowest BCUT2D eigenvalue weighted by Gasteiger charge is -2.23. The molecule has 4 nitrogen and oxygen atoms in total. The number of nitrogens with zero attached hydrogens (tertiary/aromatic N) is 3. The Labute approximate surface area is 182 Å². The first kappa shape index (κ1) is 20.1. The van der Waals surface area contributed by atoms with Gasteiger partial charge in [0.2, 0.25) is 5.91 Å². The molecule has 0 saturated heterocycles. The van der Waals surface area contributed by atoms with E-state index in [9.17, 15) is 10.1 Å². The van der Waals surface area contributed by atoms with E-state index in [1.165, 1.54) is 11.8 Å². The highest BCUT2D eigenvalue weighted by Crippen LogP contribution is 2.36. The van der Waals surface area contributed by atoms with Crippen molar-refractivity contribution in [2.75, 3.05) is 4.90 Å². The zero-order valence-corrected chi connectivity index (χ0v) is 17.4. The van der Waals surface area contributed by atoms with Crippen LogP contribution in [0.15, 0.2) is 91.0 Å². The number of rotatable bonds is 4. The van der Waals surface area contributed by atoms with E-state index in [1.807, 2.05) is 97.9 Å². The zero-order chi connectivity index (χ0) is 21.8. The summed E-state index contributed by atoms with van der Waals surface area (Å²) in [7, 11) is 0. The van der Waals surface area contributed by atoms with Crippen molar-refractivity contribution in [1.82, 2.24) is 4.98 Å². The quantitative estimate of drug-likeness (QED) is 0.403. The van der Waals surface area contributed by atoms with Crippen LogP contribution >= 0.6 is 0 Å². The van der Waals surface area contributed by atoms with Crippen molar-refractivity contribution in [3.8, 4) is 28.5 Å². The predicted molar refractivity (Wildman–Crippen MR) is 124 cm³/mol. The third-order valence-electron chi connectivity index (χ3n) is 5.09. The second-order valence-electron chi connectivity index (χ2n) is 7.29. The lowest BCUT2D eigenvalue weighted by atomic mass is 9.98. The van der Waals surface area contributed by atoms with E-state index in [-0.39, 0.29) is 5.91 Å². The van der Waals surface area contributed by atoms with Gasteiger partial charge < -0.3 is 0 Å². The van der Waals surface area contributed by atoms with Crippen molar-refractivity contribution in [3.05, 3.63) is 102 Å². The van der Waals surface area contributed by atoms with Crippen molar-refractivity contribution in [1.29, 1.82) is 5.26 Å². The van der Waals surface area contributed by atoms with Gasteiger partial charge in [-0.25, -0.2) is 4.98 Å². The monoisotopic (exact) mass is 403 g/mol. The van der Waals surface area contributed by atoms with Crippen LogP contribution < -0.4 is 4.90 Å². The number of pyridine rings is 1. The number of anilines is 2. The molecule has 0 aliphatic carbocycles. The van der Waals surface area contributed by atoms with Crippen molar-refractivity contribution >= 4 is 17.4 Å². The van der Waals surface area contributed by atoms with Gasteiger partial charge in [-0.3, -0.25) is 9.69 Å². The van der Waals surface area contributed by atoms with Gasteiger partial charge in [0, 0.05) is 18.1 Å². The Morgan fingerprint density at radius 1 is 0.871 bits per heavy atom. The minimum Gasteiger partial charge on any atom is -0.274 e. The molecule has 0 bridgehead atoms. The van der Waals surface area contributed by atoms with Gasteiger partial charge >= 0.3 is 0 Å². The fourth-order valence-electron chi connectivity index (χ4n) is 3.55. The van der Waals surface area contributed by atoms with Crippen molar-refractivity contribution in [2.45, 2.75) is 13.8 Å². The predicted octanol–water partition coefficient (Wildman–Crippen LogP) is 6.28. The minimum atomic E-state index is -0.211. The Hall–Kier alpha value is -4.23. The molecule has 4 aromatic rings. The smallest absolute Gasteiger partial charge is 0.229 e. The first-order chi connectivity index (χ1) is 15.1. The third kappa shape index (κ3) is 4.08. The van der Waals surface area contributed by atoms with Crippen LogP contribution in [0.2, 0.25) is 0 Å². The molecule has 0 unspecified atom stereocenters. The number of hydrogen-bond donors (Lipinski definition) is 0. The molecule has 31 heavy (non-hydrogen) atoms. The first-order valence-electron chi connectivity index (χ1n) is 10.0. The summed E-state index contributed by atoms with van der Waals surface area (Å²) in [5, 5.41) is 10.1. The van der Waals surface area contributed by atoms with E-state index in [0.717, 1.165) is 22.3 Å². The van der Waals surface area contributed by atoms with E-state index in [1.54, 1.807) is 0 Å². The molecular weight excluding hydrogens is 382 g/mol. The summed E-state index contributed by atoms with van der Waals surface area (Å²) >= 11 is 0. The molecule has 0 aliphatic heterocycles. The van der Waals surface area contributed by atoms with Crippen LogP contribution in [-0.2, 0) is 4.79 Å². The molecule has 1 aromatic heterocycles. The van der Waals surface area contributed by atoms with E-state index < -0.39 is 0 Å². The van der Waals surface area contributed by atoms with Gasteiger partial charge in [0.05, 0.1) is 11.4 Å². The van der Waals surface area contributed by atoms with Crippen molar-refractivity contribution in [3.63, 3.8) is 0 Å². The lowest BCUT2D eigenvalue weighted by Crippen LogP contribution is -2.25. The Kier molecular flexibility index (Phi) is 5.59. The highest BCUT2D eigenvalue weighted by Gasteiger charge is 2.24. The minimum absolute atomic E-state index is 0.211. The fourth-order valence-corrected chi connectivity index (χ4v) is 3.55. The molecule has 0 fully saturated rings. The molecular formula is C27H21N3O. The number of hydrogen-bond acceptors (Lipinski definition) is 3. The van der Waals surface area contributed by atoms with Crippen LogP contribution in [0.5, 0.6) is 0 Å². The van der Waals surface area contributed by atoms with E-state index in [2.05, 4.69) is 6.07 Å². The largest absolute Gasteiger partial charge is 0.274 e. The summed E-state index contributed by atoms with van der Waals surface area (Å²) in [4.78, 5) is 19.1. The average molecular weight is 403 g/mol.